The Balaban J connectivity index is 1.24. The molecule has 3 aromatic rings. The van der Waals surface area contributed by atoms with Crippen LogP contribution in [0.2, 0.25) is 0 Å². The number of anilines is 2. The first-order chi connectivity index (χ1) is 16.3. The molecule has 1 amide bonds. The predicted molar refractivity (Wildman–Crippen MR) is 114 cm³/mol. The highest BCUT2D eigenvalue weighted by Gasteiger charge is 2.43. The van der Waals surface area contributed by atoms with E-state index in [0.29, 0.717) is 35.7 Å². The number of H-pyrrole nitrogens is 1. The van der Waals surface area contributed by atoms with Crippen LogP contribution < -0.4 is 15.4 Å². The molecular weight excluding hydrogens is 455 g/mol. The average Bonchev–Trinajstić information content (AvgIpc) is 3.15. The van der Waals surface area contributed by atoms with Crippen molar-refractivity contribution in [1.29, 1.82) is 0 Å². The van der Waals surface area contributed by atoms with Crippen LogP contribution in [-0.2, 0) is 4.74 Å². The summed E-state index contributed by atoms with van der Waals surface area (Å²) < 4.78 is 51.6. The molecule has 13 heteroatoms. The van der Waals surface area contributed by atoms with Gasteiger partial charge in [0.25, 0.3) is 6.43 Å². The molecule has 0 unspecified atom stereocenters. The van der Waals surface area contributed by atoms with E-state index in [0.717, 1.165) is 12.8 Å². The minimum atomic E-state index is -2.61. The lowest BCUT2D eigenvalue weighted by atomic mass is 10.0. The smallest absolute Gasteiger partial charge is 0.407 e. The van der Waals surface area contributed by atoms with Crippen LogP contribution in [-0.4, -0.2) is 61.7 Å². The molecule has 2 aliphatic rings. The Morgan fingerprint density at radius 3 is 2.94 bits per heavy atom. The van der Waals surface area contributed by atoms with Crippen molar-refractivity contribution in [2.45, 2.75) is 62.8 Å². The summed E-state index contributed by atoms with van der Waals surface area (Å²) in [5, 5.41) is 16.9. The molecule has 0 radical (unpaired) electrons. The van der Waals surface area contributed by atoms with Gasteiger partial charge >= 0.3 is 6.09 Å². The molecule has 34 heavy (non-hydrogen) atoms. The van der Waals surface area contributed by atoms with Crippen LogP contribution in [0.3, 0.4) is 0 Å². The molecular formula is C21H24F3N7O3. The number of carbonyl (C=O) groups is 1. The molecule has 0 aromatic carbocycles. The van der Waals surface area contributed by atoms with Gasteiger partial charge in [-0.2, -0.15) is 5.10 Å². The zero-order valence-electron chi connectivity index (χ0n) is 18.3. The van der Waals surface area contributed by atoms with Crippen molar-refractivity contribution in [1.82, 2.24) is 30.1 Å². The summed E-state index contributed by atoms with van der Waals surface area (Å²) in [5.74, 6) is 0.305. The average molecular weight is 479 g/mol. The number of carbonyl (C=O) groups excluding carboxylic acids is 1. The lowest BCUT2D eigenvalue weighted by molar-refractivity contribution is 0.0546. The zero-order valence-corrected chi connectivity index (χ0v) is 18.3. The van der Waals surface area contributed by atoms with E-state index in [2.05, 4.69) is 30.9 Å². The second kappa shape index (κ2) is 8.69. The molecule has 2 saturated carbocycles. The lowest BCUT2D eigenvalue weighted by Crippen LogP contribution is -2.38. The minimum Gasteiger partial charge on any atom is -0.471 e. The summed E-state index contributed by atoms with van der Waals surface area (Å²) in [7, 11) is 0. The van der Waals surface area contributed by atoms with Crippen LogP contribution in [0.5, 0.6) is 5.88 Å². The van der Waals surface area contributed by atoms with E-state index in [4.69, 9.17) is 9.47 Å². The summed E-state index contributed by atoms with van der Waals surface area (Å²) >= 11 is 0. The quantitative estimate of drug-likeness (QED) is 0.451. The van der Waals surface area contributed by atoms with Crippen molar-refractivity contribution in [3.63, 3.8) is 0 Å². The number of alkyl halides is 3. The van der Waals surface area contributed by atoms with Crippen molar-refractivity contribution < 1.29 is 27.4 Å². The van der Waals surface area contributed by atoms with Gasteiger partial charge in [-0.05, 0) is 32.6 Å². The Kier molecular flexibility index (Phi) is 5.70. The van der Waals surface area contributed by atoms with Gasteiger partial charge in [-0.15, -0.1) is 5.10 Å². The van der Waals surface area contributed by atoms with Gasteiger partial charge < -0.3 is 20.1 Å². The summed E-state index contributed by atoms with van der Waals surface area (Å²) in [6.07, 6.45) is 0.353. The fourth-order valence-electron chi connectivity index (χ4n) is 4.02. The van der Waals surface area contributed by atoms with Crippen LogP contribution >= 0.6 is 0 Å². The van der Waals surface area contributed by atoms with E-state index in [1.165, 1.54) is 16.8 Å². The molecule has 0 bridgehead atoms. The summed E-state index contributed by atoms with van der Waals surface area (Å²) in [6.45, 7) is 1.16. The van der Waals surface area contributed by atoms with Gasteiger partial charge in [-0.25, -0.2) is 27.5 Å². The van der Waals surface area contributed by atoms with E-state index in [9.17, 15) is 13.6 Å². The summed E-state index contributed by atoms with van der Waals surface area (Å²) in [4.78, 5) is 16.3. The third kappa shape index (κ3) is 4.73. The Hall–Kier alpha value is -3.51. The van der Waals surface area contributed by atoms with E-state index in [1.54, 1.807) is 12.3 Å². The molecule has 3 atom stereocenters. The maximum absolute atomic E-state index is 15.1. The highest BCUT2D eigenvalue weighted by molar-refractivity contribution is 5.73. The first-order valence-corrected chi connectivity index (χ1v) is 11.0. The number of nitrogens with one attached hydrogen (secondary N) is 3. The van der Waals surface area contributed by atoms with Crippen LogP contribution in [0.1, 0.15) is 44.2 Å². The van der Waals surface area contributed by atoms with Gasteiger partial charge in [-0.1, -0.05) is 0 Å². The first-order valence-electron chi connectivity index (χ1n) is 11.0. The zero-order chi connectivity index (χ0) is 23.9. The van der Waals surface area contributed by atoms with Gasteiger partial charge in [0, 0.05) is 41.7 Å². The number of hydrogen-bond donors (Lipinski definition) is 3. The number of amides is 1. The third-order valence-electron chi connectivity index (χ3n) is 6.13. The summed E-state index contributed by atoms with van der Waals surface area (Å²) in [6, 6.07) is 3.15. The number of alkyl carbamates (subject to hydrolysis) is 1. The van der Waals surface area contributed by atoms with E-state index in [1.807, 2.05) is 6.92 Å². The second-order valence-electron chi connectivity index (χ2n) is 8.88. The first kappa shape index (κ1) is 22.3. The Labute approximate surface area is 192 Å². The fraction of sp³-hybridized carbons (Fsp3) is 0.524. The largest absolute Gasteiger partial charge is 0.471 e. The molecule has 10 nitrogen and oxygen atoms in total. The van der Waals surface area contributed by atoms with Crippen molar-refractivity contribution in [2.24, 2.45) is 0 Å². The standard InChI is InChI=1S/C21H24F3N7O3/c1-21(4-5-21)27-20(32)34-14-3-2-11(18(14)24)12-8-16(29-28-12)26-19-13-9-17(33-10-15(22)23)30-31(13)7-6-25-19/h6-9,11,14-15,18H,2-5,10H2,1H3,(H,27,32)(H2,25,26,28,29)/t11-,14-,18-/m1/s1. The Bertz CT molecular complexity index is 1180. The Morgan fingerprint density at radius 1 is 1.35 bits per heavy atom. The van der Waals surface area contributed by atoms with Gasteiger partial charge in [0.2, 0.25) is 5.88 Å². The molecule has 3 heterocycles. The predicted octanol–water partition coefficient (Wildman–Crippen LogP) is 3.70. The number of ether oxygens (including phenoxy) is 2. The second-order valence-corrected chi connectivity index (χ2v) is 8.88. The molecule has 5 rings (SSSR count). The van der Waals surface area contributed by atoms with Crippen molar-refractivity contribution in [3.8, 4) is 5.88 Å². The maximum atomic E-state index is 15.1. The maximum Gasteiger partial charge on any atom is 0.407 e. The van der Waals surface area contributed by atoms with Gasteiger partial charge in [0.05, 0.1) is 0 Å². The van der Waals surface area contributed by atoms with E-state index < -0.39 is 37.3 Å². The number of nitrogens with zero attached hydrogens (tertiary/aromatic N) is 4. The van der Waals surface area contributed by atoms with Crippen LogP contribution in [0.15, 0.2) is 24.5 Å². The monoisotopic (exact) mass is 479 g/mol. The van der Waals surface area contributed by atoms with Crippen LogP contribution in [0, 0.1) is 0 Å². The molecule has 2 aliphatic carbocycles. The molecule has 3 aromatic heterocycles. The van der Waals surface area contributed by atoms with E-state index in [-0.39, 0.29) is 11.4 Å². The number of rotatable bonds is 8. The fourth-order valence-corrected chi connectivity index (χ4v) is 4.02. The van der Waals surface area contributed by atoms with E-state index >= 15 is 4.39 Å². The van der Waals surface area contributed by atoms with Crippen molar-refractivity contribution >= 4 is 23.2 Å². The molecule has 2 fully saturated rings. The third-order valence-corrected chi connectivity index (χ3v) is 6.13. The SMILES string of the molecule is CC1(NC(=O)O[C@@H]2CC[C@H](c3cc(Nc4nccn5nc(OCC(F)F)cc45)n[nH]3)[C@H]2F)CC1. The van der Waals surface area contributed by atoms with Crippen molar-refractivity contribution in [3.05, 3.63) is 30.2 Å². The normalized spacial score (nSPS) is 23.3. The van der Waals surface area contributed by atoms with Gasteiger partial charge in [0.15, 0.2) is 18.2 Å². The van der Waals surface area contributed by atoms with Crippen LogP contribution in [0.4, 0.5) is 29.6 Å². The topological polar surface area (TPSA) is 118 Å². The molecule has 0 aliphatic heterocycles. The van der Waals surface area contributed by atoms with Crippen molar-refractivity contribution in [2.75, 3.05) is 11.9 Å². The molecule has 0 spiro atoms. The number of aromatic amines is 1. The summed E-state index contributed by atoms with van der Waals surface area (Å²) in [5.41, 5.74) is 0.828. The molecule has 3 N–H and O–H groups in total. The highest BCUT2D eigenvalue weighted by Crippen LogP contribution is 2.39. The number of fused-ring (bicyclic) bond motifs is 1. The number of halogens is 3. The number of hydrogen-bond acceptors (Lipinski definition) is 7. The van der Waals surface area contributed by atoms with Gasteiger partial charge in [-0.3, -0.25) is 5.10 Å². The Morgan fingerprint density at radius 2 is 2.18 bits per heavy atom. The number of aromatic nitrogens is 5. The lowest BCUT2D eigenvalue weighted by Gasteiger charge is -2.19. The minimum absolute atomic E-state index is 0.0380. The molecule has 0 saturated heterocycles. The molecule has 182 valence electrons. The van der Waals surface area contributed by atoms with Gasteiger partial charge in [0.1, 0.15) is 17.8 Å². The highest BCUT2D eigenvalue weighted by atomic mass is 19.3. The van der Waals surface area contributed by atoms with Crippen LogP contribution in [0.25, 0.3) is 5.52 Å².